The van der Waals surface area contributed by atoms with Crippen molar-refractivity contribution in [2.75, 3.05) is 13.1 Å². The molecule has 0 aromatic carbocycles. The largest absolute Gasteiger partial charge is 0.333 e. The molecule has 2 aromatic rings. The Kier molecular flexibility index (Phi) is 2.85. The maximum atomic E-state index is 12.3. The third kappa shape index (κ3) is 2.20. The Bertz CT molecular complexity index is 785. The van der Waals surface area contributed by atoms with Gasteiger partial charge in [0.1, 0.15) is 5.69 Å². The molecule has 0 spiro atoms. The Labute approximate surface area is 126 Å². The van der Waals surface area contributed by atoms with E-state index in [1.807, 2.05) is 10.9 Å². The average molecular weight is 300 g/mol. The molecule has 0 atom stereocenters. The second-order valence-electron chi connectivity index (χ2n) is 5.94. The zero-order chi connectivity index (χ0) is 15.3. The molecule has 1 saturated carbocycles. The van der Waals surface area contributed by atoms with Gasteiger partial charge in [0.25, 0.3) is 11.5 Å². The summed E-state index contributed by atoms with van der Waals surface area (Å²) >= 11 is 0. The minimum atomic E-state index is -0.228. The van der Waals surface area contributed by atoms with Crippen LogP contribution in [0.4, 0.5) is 0 Å². The van der Waals surface area contributed by atoms with Gasteiger partial charge in [0, 0.05) is 38.3 Å². The summed E-state index contributed by atoms with van der Waals surface area (Å²) in [7, 11) is 1.53. The van der Waals surface area contributed by atoms with Crippen LogP contribution in [0.5, 0.6) is 0 Å². The summed E-state index contributed by atoms with van der Waals surface area (Å²) in [5.41, 5.74) is 1.12. The van der Waals surface area contributed by atoms with E-state index in [1.165, 1.54) is 36.7 Å². The summed E-state index contributed by atoms with van der Waals surface area (Å²) in [5, 5.41) is 12.3. The van der Waals surface area contributed by atoms with Crippen molar-refractivity contribution in [3.63, 3.8) is 0 Å². The summed E-state index contributed by atoms with van der Waals surface area (Å²) in [6.45, 7) is 1.19. The molecular weight excluding hydrogens is 284 g/mol. The Morgan fingerprint density at radius 1 is 1.27 bits per heavy atom. The van der Waals surface area contributed by atoms with Crippen LogP contribution in [-0.2, 0) is 7.05 Å². The first-order valence-corrected chi connectivity index (χ1v) is 7.37. The summed E-state index contributed by atoms with van der Waals surface area (Å²) in [6.07, 6.45) is 4.40. The summed E-state index contributed by atoms with van der Waals surface area (Å²) in [6, 6.07) is 3.01. The van der Waals surface area contributed by atoms with E-state index >= 15 is 0 Å². The predicted octanol–water partition coefficient (Wildman–Crippen LogP) is -0.0537. The van der Waals surface area contributed by atoms with Gasteiger partial charge in [0.05, 0.1) is 11.7 Å². The number of carbonyl (C=O) groups is 1. The molecule has 0 radical (unpaired) electrons. The van der Waals surface area contributed by atoms with E-state index in [2.05, 4.69) is 15.4 Å². The second kappa shape index (κ2) is 4.75. The molecule has 0 bridgehead atoms. The number of aryl methyl sites for hydroxylation is 1. The molecule has 0 N–H and O–H groups in total. The van der Waals surface area contributed by atoms with Crippen LogP contribution < -0.4 is 5.56 Å². The minimum Gasteiger partial charge on any atom is -0.333 e. The first-order valence-electron chi connectivity index (χ1n) is 7.37. The molecular formula is C14H16N6O2. The predicted molar refractivity (Wildman–Crippen MR) is 76.4 cm³/mol. The number of rotatable bonds is 3. The zero-order valence-electron chi connectivity index (χ0n) is 12.2. The Hall–Kier alpha value is -2.51. The number of amides is 1. The van der Waals surface area contributed by atoms with Gasteiger partial charge < -0.3 is 4.90 Å². The molecule has 1 saturated heterocycles. The fourth-order valence-electron chi connectivity index (χ4n) is 2.60. The van der Waals surface area contributed by atoms with Crippen LogP contribution in [0, 0.1) is 0 Å². The molecule has 1 aliphatic heterocycles. The lowest BCUT2D eigenvalue weighted by atomic mass is 10.1. The molecule has 1 aliphatic carbocycles. The molecule has 2 aliphatic rings. The van der Waals surface area contributed by atoms with E-state index in [0.29, 0.717) is 19.0 Å². The van der Waals surface area contributed by atoms with Gasteiger partial charge in [-0.25, -0.2) is 9.36 Å². The molecule has 2 aromatic heterocycles. The molecule has 4 rings (SSSR count). The van der Waals surface area contributed by atoms with Gasteiger partial charge in [-0.3, -0.25) is 9.59 Å². The van der Waals surface area contributed by atoms with Crippen molar-refractivity contribution in [2.24, 2.45) is 7.05 Å². The number of aromatic nitrogens is 5. The smallest absolute Gasteiger partial charge is 0.274 e. The average Bonchev–Trinajstić information content (AvgIpc) is 3.20. The number of likely N-dealkylation sites (tertiary alicyclic amines) is 1. The molecule has 8 heteroatoms. The maximum absolute atomic E-state index is 12.3. The zero-order valence-corrected chi connectivity index (χ0v) is 12.2. The molecule has 3 heterocycles. The second-order valence-corrected chi connectivity index (χ2v) is 5.94. The van der Waals surface area contributed by atoms with Gasteiger partial charge >= 0.3 is 0 Å². The van der Waals surface area contributed by atoms with Gasteiger partial charge in [-0.1, -0.05) is 5.21 Å². The van der Waals surface area contributed by atoms with E-state index in [-0.39, 0.29) is 23.2 Å². The Morgan fingerprint density at radius 3 is 2.73 bits per heavy atom. The van der Waals surface area contributed by atoms with Crippen molar-refractivity contribution in [1.29, 1.82) is 0 Å². The lowest BCUT2D eigenvalue weighted by molar-refractivity contribution is 0.0490. The van der Waals surface area contributed by atoms with Gasteiger partial charge in [-0.15, -0.1) is 5.10 Å². The topological polar surface area (TPSA) is 85.9 Å². The van der Waals surface area contributed by atoms with E-state index in [1.54, 1.807) is 4.90 Å². The van der Waals surface area contributed by atoms with Crippen LogP contribution in [0.2, 0.25) is 0 Å². The quantitative estimate of drug-likeness (QED) is 0.793. The van der Waals surface area contributed by atoms with Crippen LogP contribution in [0.3, 0.4) is 0 Å². The van der Waals surface area contributed by atoms with Crippen molar-refractivity contribution < 1.29 is 4.79 Å². The van der Waals surface area contributed by atoms with Gasteiger partial charge in [0.2, 0.25) is 0 Å². The Morgan fingerprint density at radius 2 is 2.05 bits per heavy atom. The van der Waals surface area contributed by atoms with Crippen molar-refractivity contribution in [3.8, 4) is 0 Å². The van der Waals surface area contributed by atoms with Gasteiger partial charge in [0.15, 0.2) is 0 Å². The first-order chi connectivity index (χ1) is 10.6. The summed E-state index contributed by atoms with van der Waals surface area (Å²) < 4.78 is 3.02. The van der Waals surface area contributed by atoms with Crippen LogP contribution in [0.1, 0.15) is 41.0 Å². The van der Waals surface area contributed by atoms with Crippen LogP contribution in [0.15, 0.2) is 23.1 Å². The highest BCUT2D eigenvalue weighted by Gasteiger charge is 2.35. The van der Waals surface area contributed by atoms with Crippen LogP contribution >= 0.6 is 0 Å². The summed E-state index contributed by atoms with van der Waals surface area (Å²) in [4.78, 5) is 25.3. The monoisotopic (exact) mass is 300 g/mol. The summed E-state index contributed by atoms with van der Waals surface area (Å²) in [5.74, 6) is 0.427. The number of hydrogen-bond donors (Lipinski definition) is 0. The van der Waals surface area contributed by atoms with E-state index < -0.39 is 0 Å². The number of hydrogen-bond acceptors (Lipinski definition) is 5. The minimum absolute atomic E-state index is 0.158. The highest BCUT2D eigenvalue weighted by molar-refractivity contribution is 5.92. The molecule has 22 heavy (non-hydrogen) atoms. The van der Waals surface area contributed by atoms with E-state index in [9.17, 15) is 9.59 Å². The maximum Gasteiger partial charge on any atom is 0.274 e. The third-order valence-corrected chi connectivity index (χ3v) is 4.23. The van der Waals surface area contributed by atoms with E-state index in [0.717, 1.165) is 5.69 Å². The highest BCUT2D eigenvalue weighted by atomic mass is 16.2. The standard InChI is InChI=1S/C14H16N6O2/c1-18-13(21)5-4-11(16-18)14(22)19-6-10(7-19)20-8-12(15-17-20)9-2-3-9/h4-5,8-10H,2-3,6-7H2,1H3. The fraction of sp³-hybridized carbons (Fsp3) is 0.500. The first kappa shape index (κ1) is 13.2. The molecule has 2 fully saturated rings. The number of carbonyl (C=O) groups excluding carboxylic acids is 1. The molecule has 0 unspecified atom stereocenters. The van der Waals surface area contributed by atoms with Gasteiger partial charge in [-0.2, -0.15) is 5.10 Å². The lowest BCUT2D eigenvalue weighted by Crippen LogP contribution is -2.51. The third-order valence-electron chi connectivity index (χ3n) is 4.23. The molecule has 1 amide bonds. The fourth-order valence-corrected chi connectivity index (χ4v) is 2.60. The van der Waals surface area contributed by atoms with Crippen molar-refractivity contribution in [3.05, 3.63) is 40.1 Å². The lowest BCUT2D eigenvalue weighted by Gasteiger charge is -2.38. The van der Waals surface area contributed by atoms with Crippen LogP contribution in [0.25, 0.3) is 0 Å². The molecule has 114 valence electrons. The Balaban J connectivity index is 1.42. The van der Waals surface area contributed by atoms with Crippen molar-refractivity contribution >= 4 is 5.91 Å². The normalized spacial score (nSPS) is 18.3. The van der Waals surface area contributed by atoms with Crippen molar-refractivity contribution in [1.82, 2.24) is 29.7 Å². The van der Waals surface area contributed by atoms with E-state index in [4.69, 9.17) is 0 Å². The highest BCUT2D eigenvalue weighted by Crippen LogP contribution is 2.39. The number of nitrogens with zero attached hydrogens (tertiary/aromatic N) is 6. The van der Waals surface area contributed by atoms with Crippen LogP contribution in [-0.4, -0.2) is 48.7 Å². The van der Waals surface area contributed by atoms with Crippen molar-refractivity contribution in [2.45, 2.75) is 24.8 Å². The molecule has 8 nitrogen and oxygen atoms in total. The SMILES string of the molecule is Cn1nc(C(=O)N2CC(n3cc(C4CC4)nn3)C2)ccc1=O. The van der Waals surface area contributed by atoms with Gasteiger partial charge in [-0.05, 0) is 18.9 Å².